The first-order valence-electron chi connectivity index (χ1n) is 7.71. The summed E-state index contributed by atoms with van der Waals surface area (Å²) in [5.41, 5.74) is -0.771. The zero-order chi connectivity index (χ0) is 17.8. The molecule has 0 aliphatic carbocycles. The fourth-order valence-electron chi connectivity index (χ4n) is 3.09. The Morgan fingerprint density at radius 1 is 1.64 bits per heavy atom. The lowest BCUT2D eigenvalue weighted by Gasteiger charge is -2.29. The van der Waals surface area contributed by atoms with Crippen molar-refractivity contribution in [3.63, 3.8) is 0 Å². The third-order valence-electron chi connectivity index (χ3n) is 4.38. The summed E-state index contributed by atoms with van der Waals surface area (Å²) in [6.07, 6.45) is 0.975. The second kappa shape index (κ2) is 5.80. The van der Waals surface area contributed by atoms with Crippen LogP contribution in [-0.2, 0) is 9.47 Å². The van der Waals surface area contributed by atoms with Crippen molar-refractivity contribution in [2.45, 2.75) is 24.0 Å². The standard InChI is InChI=1S/C14H18N6O4S/c1-19(2)5-16-13-17-10-7(11(22)18-13)15-6-20(10)12-8-9(21)14(4-25,24-12)3-23-8/h5-6,8-9,12,21,25H,3-4H2,1-2H3,(H,17,18,22)/b16-5+. The second-order valence-corrected chi connectivity index (χ2v) is 6.69. The number of aliphatic imine (C=N–C) groups is 1. The number of hydrogen-bond acceptors (Lipinski definition) is 8. The number of rotatable bonds is 4. The molecule has 4 unspecified atom stereocenters. The van der Waals surface area contributed by atoms with Crippen LogP contribution in [0, 0.1) is 0 Å². The number of imidazole rings is 1. The summed E-state index contributed by atoms with van der Waals surface area (Å²) in [5.74, 6) is 0.474. The smallest absolute Gasteiger partial charge is 0.280 e. The number of aromatic nitrogens is 4. The maximum Gasteiger partial charge on any atom is 0.280 e. The summed E-state index contributed by atoms with van der Waals surface area (Å²) in [6.45, 7) is 0.276. The Morgan fingerprint density at radius 3 is 3.12 bits per heavy atom. The van der Waals surface area contributed by atoms with Gasteiger partial charge in [-0.15, -0.1) is 0 Å². The van der Waals surface area contributed by atoms with Crippen LogP contribution in [0.3, 0.4) is 0 Å². The first kappa shape index (κ1) is 16.5. The van der Waals surface area contributed by atoms with Gasteiger partial charge in [0.2, 0.25) is 5.95 Å². The number of aliphatic hydroxyl groups excluding tert-OH is 1. The van der Waals surface area contributed by atoms with E-state index in [0.717, 1.165) is 0 Å². The number of nitrogens with one attached hydrogen (secondary N) is 1. The van der Waals surface area contributed by atoms with E-state index in [1.165, 1.54) is 12.7 Å². The molecule has 4 heterocycles. The van der Waals surface area contributed by atoms with Crippen molar-refractivity contribution in [2.24, 2.45) is 4.99 Å². The average Bonchev–Trinajstić information content (AvgIpc) is 3.23. The van der Waals surface area contributed by atoms with Crippen LogP contribution >= 0.6 is 12.6 Å². The van der Waals surface area contributed by atoms with Crippen molar-refractivity contribution in [1.29, 1.82) is 0 Å². The maximum absolute atomic E-state index is 12.2. The van der Waals surface area contributed by atoms with Crippen molar-refractivity contribution in [3.05, 3.63) is 16.7 Å². The topological polar surface area (TPSA) is 118 Å². The van der Waals surface area contributed by atoms with Crippen LogP contribution in [0.1, 0.15) is 6.23 Å². The zero-order valence-corrected chi connectivity index (χ0v) is 14.6. The lowest BCUT2D eigenvalue weighted by Crippen LogP contribution is -2.42. The van der Waals surface area contributed by atoms with Gasteiger partial charge in [-0.25, -0.2) is 9.98 Å². The molecule has 2 aliphatic rings. The van der Waals surface area contributed by atoms with E-state index in [4.69, 9.17) is 9.47 Å². The Kier molecular flexibility index (Phi) is 3.83. The lowest BCUT2D eigenvalue weighted by atomic mass is 10.0. The molecule has 134 valence electrons. The summed E-state index contributed by atoms with van der Waals surface area (Å²) in [6, 6.07) is 0. The lowest BCUT2D eigenvalue weighted by molar-refractivity contribution is -0.162. The molecular formula is C14H18N6O4S. The highest BCUT2D eigenvalue weighted by molar-refractivity contribution is 7.80. The van der Waals surface area contributed by atoms with Gasteiger partial charge in [0.05, 0.1) is 19.3 Å². The van der Waals surface area contributed by atoms with E-state index in [1.807, 2.05) is 14.1 Å². The largest absolute Gasteiger partial charge is 0.387 e. The van der Waals surface area contributed by atoms with Gasteiger partial charge in [-0.3, -0.25) is 14.3 Å². The molecule has 0 saturated carbocycles. The summed E-state index contributed by atoms with van der Waals surface area (Å²) >= 11 is 4.27. The van der Waals surface area contributed by atoms with Gasteiger partial charge in [0, 0.05) is 19.8 Å². The van der Waals surface area contributed by atoms with E-state index in [9.17, 15) is 9.90 Å². The van der Waals surface area contributed by atoms with Crippen molar-refractivity contribution >= 4 is 36.1 Å². The molecule has 2 bridgehead atoms. The highest BCUT2D eigenvalue weighted by Crippen LogP contribution is 2.45. The third kappa shape index (κ3) is 2.46. The van der Waals surface area contributed by atoms with Gasteiger partial charge in [0.25, 0.3) is 5.56 Å². The van der Waals surface area contributed by atoms with E-state index in [-0.39, 0.29) is 18.1 Å². The van der Waals surface area contributed by atoms with E-state index < -0.39 is 29.6 Å². The number of aromatic amines is 1. The van der Waals surface area contributed by atoms with E-state index in [0.29, 0.717) is 11.4 Å². The number of H-pyrrole nitrogens is 1. The fraction of sp³-hybridized carbons (Fsp3) is 0.571. The third-order valence-corrected chi connectivity index (χ3v) is 4.91. The molecule has 0 aromatic carbocycles. The highest BCUT2D eigenvalue weighted by atomic mass is 32.1. The first-order valence-corrected chi connectivity index (χ1v) is 8.34. The fourth-order valence-corrected chi connectivity index (χ4v) is 3.44. The molecule has 11 heteroatoms. The van der Waals surface area contributed by atoms with Gasteiger partial charge in [-0.1, -0.05) is 0 Å². The van der Waals surface area contributed by atoms with E-state index in [2.05, 4.69) is 32.6 Å². The number of aliphatic hydroxyl groups is 1. The molecule has 2 fully saturated rings. The molecule has 0 amide bonds. The summed E-state index contributed by atoms with van der Waals surface area (Å²) in [4.78, 5) is 29.1. The maximum atomic E-state index is 12.2. The zero-order valence-electron chi connectivity index (χ0n) is 13.7. The number of hydrogen-bond donors (Lipinski definition) is 3. The van der Waals surface area contributed by atoms with Crippen LogP contribution in [0.5, 0.6) is 0 Å². The summed E-state index contributed by atoms with van der Waals surface area (Å²) in [7, 11) is 3.62. The van der Waals surface area contributed by atoms with E-state index in [1.54, 1.807) is 9.47 Å². The monoisotopic (exact) mass is 366 g/mol. The molecule has 2 aromatic rings. The van der Waals surface area contributed by atoms with Gasteiger partial charge < -0.3 is 19.5 Å². The Labute approximate surface area is 147 Å². The quantitative estimate of drug-likeness (QED) is 0.372. The molecule has 2 aliphatic heterocycles. The van der Waals surface area contributed by atoms with Crippen molar-refractivity contribution in [1.82, 2.24) is 24.4 Å². The highest BCUT2D eigenvalue weighted by Gasteiger charge is 2.61. The molecule has 2 saturated heterocycles. The normalized spacial score (nSPS) is 31.4. The van der Waals surface area contributed by atoms with Gasteiger partial charge in [-0.2, -0.15) is 17.6 Å². The minimum Gasteiger partial charge on any atom is -0.387 e. The predicted molar refractivity (Wildman–Crippen MR) is 92.4 cm³/mol. The molecule has 4 rings (SSSR count). The molecular weight excluding hydrogens is 348 g/mol. The Morgan fingerprint density at radius 2 is 2.44 bits per heavy atom. The minimum absolute atomic E-state index is 0.154. The number of nitrogens with zero attached hydrogens (tertiary/aromatic N) is 5. The number of fused-ring (bicyclic) bond motifs is 3. The van der Waals surface area contributed by atoms with Gasteiger partial charge in [0.1, 0.15) is 17.8 Å². The Hall–Kier alpha value is -1.95. The molecule has 10 nitrogen and oxygen atoms in total. The van der Waals surface area contributed by atoms with Crippen LogP contribution in [0.2, 0.25) is 0 Å². The Balaban J connectivity index is 1.78. The van der Waals surface area contributed by atoms with Crippen molar-refractivity contribution < 1.29 is 14.6 Å². The van der Waals surface area contributed by atoms with Gasteiger partial charge >= 0.3 is 0 Å². The van der Waals surface area contributed by atoms with Crippen LogP contribution in [-0.4, -0.2) is 80.1 Å². The number of ether oxygens (including phenoxy) is 2. The molecule has 25 heavy (non-hydrogen) atoms. The summed E-state index contributed by atoms with van der Waals surface area (Å²) < 4.78 is 13.3. The average molecular weight is 366 g/mol. The van der Waals surface area contributed by atoms with Crippen LogP contribution in [0.4, 0.5) is 5.95 Å². The Bertz CT molecular complexity index is 895. The van der Waals surface area contributed by atoms with Gasteiger partial charge in [0.15, 0.2) is 17.4 Å². The van der Waals surface area contributed by atoms with E-state index >= 15 is 0 Å². The van der Waals surface area contributed by atoms with Crippen LogP contribution in [0.15, 0.2) is 16.1 Å². The first-order chi connectivity index (χ1) is 11.9. The second-order valence-electron chi connectivity index (χ2n) is 6.37. The van der Waals surface area contributed by atoms with Crippen molar-refractivity contribution in [3.8, 4) is 0 Å². The van der Waals surface area contributed by atoms with Crippen LogP contribution < -0.4 is 5.56 Å². The molecule has 2 N–H and O–H groups in total. The van der Waals surface area contributed by atoms with Gasteiger partial charge in [-0.05, 0) is 0 Å². The molecule has 4 atom stereocenters. The predicted octanol–water partition coefficient (Wildman–Crippen LogP) is -0.702. The number of thiol groups is 1. The SMILES string of the molecule is CN(C)/C=N/c1nc2c(ncn2C2OC3(CS)COC2C3O)c(=O)[nH]1. The molecule has 2 aromatic heterocycles. The van der Waals surface area contributed by atoms with Crippen LogP contribution in [0.25, 0.3) is 11.2 Å². The van der Waals surface area contributed by atoms with Crippen molar-refractivity contribution in [2.75, 3.05) is 26.5 Å². The molecule has 0 spiro atoms. The minimum atomic E-state index is -0.859. The molecule has 0 radical (unpaired) electrons. The summed E-state index contributed by atoms with van der Waals surface area (Å²) in [5, 5.41) is 10.4.